The number of hydrogen-bond acceptors (Lipinski definition) is 6. The molecule has 3 N–H and O–H groups in total. The largest absolute Gasteiger partial charge is 0.454 e. The minimum atomic E-state index is -0.682. The number of fused-ring (bicyclic) bond motifs is 1. The summed E-state index contributed by atoms with van der Waals surface area (Å²) in [7, 11) is 0. The highest BCUT2D eigenvalue weighted by molar-refractivity contribution is 7.12. The van der Waals surface area contributed by atoms with Crippen molar-refractivity contribution < 1.29 is 19.1 Å². The molecule has 150 valence electrons. The number of carbonyl (C=O) groups excluding carboxylic acids is 3. The van der Waals surface area contributed by atoms with Crippen molar-refractivity contribution >= 4 is 45.8 Å². The van der Waals surface area contributed by atoms with Gasteiger partial charge >= 0.3 is 11.7 Å². The molecule has 1 aromatic carbocycles. The molecule has 9 nitrogen and oxygen atoms in total. The molecule has 1 saturated heterocycles. The van der Waals surface area contributed by atoms with Gasteiger partial charge in [0.1, 0.15) is 6.04 Å². The van der Waals surface area contributed by atoms with E-state index in [4.69, 9.17) is 4.74 Å². The number of benzene rings is 1. The zero-order chi connectivity index (χ0) is 20.4. The Morgan fingerprint density at radius 3 is 2.83 bits per heavy atom. The van der Waals surface area contributed by atoms with E-state index in [1.54, 1.807) is 35.7 Å². The van der Waals surface area contributed by atoms with Crippen LogP contribution in [-0.2, 0) is 14.3 Å². The summed E-state index contributed by atoms with van der Waals surface area (Å²) in [5, 5.41) is 4.42. The first-order chi connectivity index (χ1) is 14.0. The molecule has 0 unspecified atom stereocenters. The molecule has 29 heavy (non-hydrogen) atoms. The number of thiophene rings is 1. The number of H-pyrrole nitrogens is 2. The number of ether oxygens (including phenoxy) is 1. The molecule has 2 amide bonds. The molecule has 0 radical (unpaired) electrons. The highest BCUT2D eigenvalue weighted by Crippen LogP contribution is 2.23. The summed E-state index contributed by atoms with van der Waals surface area (Å²) in [5.74, 6) is -1.30. The number of aromatic amines is 2. The summed E-state index contributed by atoms with van der Waals surface area (Å²) in [6, 6.07) is 7.71. The number of hydrogen-bond donors (Lipinski definition) is 3. The Morgan fingerprint density at radius 1 is 1.21 bits per heavy atom. The summed E-state index contributed by atoms with van der Waals surface area (Å²) in [4.78, 5) is 55.7. The minimum absolute atomic E-state index is 0.197. The van der Waals surface area contributed by atoms with Gasteiger partial charge in [-0.05, 0) is 42.5 Å². The Balaban J connectivity index is 1.33. The van der Waals surface area contributed by atoms with Crippen LogP contribution in [0.2, 0.25) is 0 Å². The number of nitrogens with zero attached hydrogens (tertiary/aromatic N) is 1. The van der Waals surface area contributed by atoms with E-state index in [0.29, 0.717) is 41.0 Å². The van der Waals surface area contributed by atoms with Crippen LogP contribution in [0.3, 0.4) is 0 Å². The van der Waals surface area contributed by atoms with E-state index in [-0.39, 0.29) is 11.6 Å². The summed E-state index contributed by atoms with van der Waals surface area (Å²) < 4.78 is 5.14. The molecule has 1 fully saturated rings. The van der Waals surface area contributed by atoms with Gasteiger partial charge in [-0.15, -0.1) is 11.3 Å². The fourth-order valence-electron chi connectivity index (χ4n) is 3.34. The predicted molar refractivity (Wildman–Crippen MR) is 107 cm³/mol. The van der Waals surface area contributed by atoms with Crippen LogP contribution in [0.1, 0.15) is 22.5 Å². The van der Waals surface area contributed by atoms with Crippen LogP contribution in [0.5, 0.6) is 0 Å². The van der Waals surface area contributed by atoms with E-state index in [9.17, 15) is 19.2 Å². The second-order valence-electron chi connectivity index (χ2n) is 6.63. The highest BCUT2D eigenvalue weighted by atomic mass is 32.1. The molecule has 1 atom stereocenters. The Bertz CT molecular complexity index is 1120. The van der Waals surface area contributed by atoms with E-state index in [2.05, 4.69) is 15.3 Å². The molecule has 4 rings (SSSR count). The fourth-order valence-corrected chi connectivity index (χ4v) is 4.02. The van der Waals surface area contributed by atoms with Crippen LogP contribution in [0.15, 0.2) is 40.5 Å². The van der Waals surface area contributed by atoms with E-state index < -0.39 is 24.5 Å². The second-order valence-corrected chi connectivity index (χ2v) is 7.58. The molecule has 3 aromatic rings. The first-order valence-corrected chi connectivity index (χ1v) is 9.92. The van der Waals surface area contributed by atoms with Gasteiger partial charge in [-0.1, -0.05) is 6.07 Å². The molecule has 1 aliphatic heterocycles. The van der Waals surface area contributed by atoms with Gasteiger partial charge in [0, 0.05) is 12.2 Å². The minimum Gasteiger partial charge on any atom is -0.454 e. The summed E-state index contributed by atoms with van der Waals surface area (Å²) in [6.07, 6.45) is 1.22. The smallest absolute Gasteiger partial charge is 0.329 e. The van der Waals surface area contributed by atoms with Gasteiger partial charge in [0.05, 0.1) is 15.9 Å². The second kappa shape index (κ2) is 7.92. The number of aromatic nitrogens is 2. The SMILES string of the molecule is O=C(COC(=O)[C@@H]1CCCN1C(=O)c1cccs1)Nc1ccc2[nH]c(=O)[nH]c2c1. The van der Waals surface area contributed by atoms with Gasteiger partial charge in [0.2, 0.25) is 0 Å². The van der Waals surface area contributed by atoms with Crippen LogP contribution in [0.4, 0.5) is 5.69 Å². The lowest BCUT2D eigenvalue weighted by Crippen LogP contribution is -2.41. The van der Waals surface area contributed by atoms with Crippen molar-refractivity contribution in [1.29, 1.82) is 0 Å². The molecule has 1 aliphatic rings. The zero-order valence-corrected chi connectivity index (χ0v) is 16.1. The Labute approximate surface area is 168 Å². The molecule has 0 spiro atoms. The maximum atomic E-state index is 12.5. The van der Waals surface area contributed by atoms with Crippen molar-refractivity contribution in [3.63, 3.8) is 0 Å². The molecule has 3 heterocycles. The number of imidazole rings is 1. The van der Waals surface area contributed by atoms with Crippen LogP contribution < -0.4 is 11.0 Å². The number of anilines is 1. The third-order valence-corrected chi connectivity index (χ3v) is 5.52. The Morgan fingerprint density at radius 2 is 2.03 bits per heavy atom. The van der Waals surface area contributed by atoms with Crippen LogP contribution in [0, 0.1) is 0 Å². The maximum absolute atomic E-state index is 12.5. The normalized spacial score (nSPS) is 16.1. The van der Waals surface area contributed by atoms with Gasteiger partial charge in [-0.25, -0.2) is 9.59 Å². The fraction of sp³-hybridized carbons (Fsp3) is 0.263. The molecule has 2 aromatic heterocycles. The molecule has 0 saturated carbocycles. The van der Waals surface area contributed by atoms with Crippen molar-refractivity contribution in [3.05, 3.63) is 51.1 Å². The predicted octanol–water partition coefficient (Wildman–Crippen LogP) is 1.70. The number of nitrogens with one attached hydrogen (secondary N) is 3. The zero-order valence-electron chi connectivity index (χ0n) is 15.3. The highest BCUT2D eigenvalue weighted by Gasteiger charge is 2.36. The van der Waals surface area contributed by atoms with Gasteiger partial charge in [0.15, 0.2) is 6.61 Å². The van der Waals surface area contributed by atoms with Gasteiger partial charge < -0.3 is 24.9 Å². The molecule has 0 aliphatic carbocycles. The number of likely N-dealkylation sites (tertiary alicyclic amines) is 1. The van der Waals surface area contributed by atoms with E-state index >= 15 is 0 Å². The average Bonchev–Trinajstić information content (AvgIpc) is 3.44. The molecular formula is C19H18N4O5S. The third-order valence-electron chi connectivity index (χ3n) is 4.66. The lowest BCUT2D eigenvalue weighted by atomic mass is 10.2. The molecular weight excluding hydrogens is 396 g/mol. The van der Waals surface area contributed by atoms with Gasteiger partial charge in [-0.2, -0.15) is 0 Å². The van der Waals surface area contributed by atoms with Crippen molar-refractivity contribution in [2.45, 2.75) is 18.9 Å². The summed E-state index contributed by atoms with van der Waals surface area (Å²) in [5.41, 5.74) is 1.30. The van der Waals surface area contributed by atoms with Crippen LogP contribution >= 0.6 is 11.3 Å². The van der Waals surface area contributed by atoms with Crippen molar-refractivity contribution in [2.75, 3.05) is 18.5 Å². The third kappa shape index (κ3) is 4.06. The van der Waals surface area contributed by atoms with E-state index in [0.717, 1.165) is 0 Å². The average molecular weight is 414 g/mol. The number of amides is 2. The van der Waals surface area contributed by atoms with Crippen LogP contribution in [-0.4, -0.2) is 51.8 Å². The quantitative estimate of drug-likeness (QED) is 0.548. The monoisotopic (exact) mass is 414 g/mol. The van der Waals surface area contributed by atoms with Crippen molar-refractivity contribution in [2.24, 2.45) is 0 Å². The van der Waals surface area contributed by atoms with Crippen LogP contribution in [0.25, 0.3) is 11.0 Å². The topological polar surface area (TPSA) is 124 Å². The summed E-state index contributed by atoms with van der Waals surface area (Å²) >= 11 is 1.32. The Kier molecular flexibility index (Phi) is 5.17. The first kappa shape index (κ1) is 18.9. The number of rotatable bonds is 5. The Hall–Kier alpha value is -3.40. The van der Waals surface area contributed by atoms with E-state index in [1.165, 1.54) is 16.2 Å². The lowest BCUT2D eigenvalue weighted by molar-refractivity contribution is -0.151. The molecule has 0 bridgehead atoms. The maximum Gasteiger partial charge on any atom is 0.329 e. The number of carbonyl (C=O) groups is 3. The standard InChI is InChI=1S/C19H18N4O5S/c24-16(20-11-5-6-12-13(9-11)22-19(27)21-12)10-28-18(26)14-3-1-7-23(14)17(25)15-4-2-8-29-15/h2,4-6,8-9,14H,1,3,7,10H2,(H,20,24)(H2,21,22,27)/t14-/m0/s1. The summed E-state index contributed by atoms with van der Waals surface area (Å²) in [6.45, 7) is 0.0234. The van der Waals surface area contributed by atoms with Gasteiger partial charge in [-0.3, -0.25) is 9.59 Å². The van der Waals surface area contributed by atoms with Gasteiger partial charge in [0.25, 0.3) is 11.8 Å². The lowest BCUT2D eigenvalue weighted by Gasteiger charge is -2.22. The van der Waals surface area contributed by atoms with Crippen molar-refractivity contribution in [3.8, 4) is 0 Å². The molecule has 10 heteroatoms. The van der Waals surface area contributed by atoms with E-state index in [1.807, 2.05) is 0 Å². The number of esters is 1. The first-order valence-electron chi connectivity index (χ1n) is 9.04. The van der Waals surface area contributed by atoms with Crippen molar-refractivity contribution in [1.82, 2.24) is 14.9 Å².